The lowest BCUT2D eigenvalue weighted by Crippen LogP contribution is -2.24. The highest BCUT2D eigenvalue weighted by Gasteiger charge is 2.15. The summed E-state index contributed by atoms with van der Waals surface area (Å²) in [7, 11) is 0. The number of esters is 1. The summed E-state index contributed by atoms with van der Waals surface area (Å²) in [6.45, 7) is 7.60. The second kappa shape index (κ2) is 5.68. The Kier molecular flexibility index (Phi) is 4.80. The van der Waals surface area contributed by atoms with E-state index < -0.39 is 5.60 Å². The fourth-order valence-corrected chi connectivity index (χ4v) is 2.49. The molecule has 0 fully saturated rings. The van der Waals surface area contributed by atoms with Crippen LogP contribution in [0.15, 0.2) is 5.38 Å². The van der Waals surface area contributed by atoms with Gasteiger partial charge in [0.1, 0.15) is 5.60 Å². The van der Waals surface area contributed by atoms with Crippen molar-refractivity contribution in [2.24, 2.45) is 0 Å². The predicted molar refractivity (Wildman–Crippen MR) is 68.9 cm³/mol. The normalized spacial score (nSPS) is 11.5. The van der Waals surface area contributed by atoms with Gasteiger partial charge in [-0.15, -0.1) is 23.1 Å². The van der Waals surface area contributed by atoms with Gasteiger partial charge in [-0.25, -0.2) is 4.98 Å². The summed E-state index contributed by atoms with van der Waals surface area (Å²) < 4.78 is 5.20. The standard InChI is InChI=1S/C11H17NO2S2/c1-8-12-9(6-16-8)5-15-7-10(13)14-11(2,3)4/h6H,5,7H2,1-4H3. The highest BCUT2D eigenvalue weighted by Crippen LogP contribution is 2.16. The third kappa shape index (κ3) is 5.51. The number of aryl methyl sites for hydroxylation is 1. The van der Waals surface area contributed by atoms with Crippen molar-refractivity contribution >= 4 is 29.1 Å². The zero-order chi connectivity index (χ0) is 12.2. The lowest BCUT2D eigenvalue weighted by molar-refractivity contribution is -0.151. The van der Waals surface area contributed by atoms with Crippen LogP contribution in [-0.4, -0.2) is 22.3 Å². The van der Waals surface area contributed by atoms with Crippen molar-refractivity contribution in [3.8, 4) is 0 Å². The van der Waals surface area contributed by atoms with Gasteiger partial charge in [0.2, 0.25) is 0 Å². The van der Waals surface area contributed by atoms with Crippen molar-refractivity contribution in [3.05, 3.63) is 16.1 Å². The summed E-state index contributed by atoms with van der Waals surface area (Å²) in [6.07, 6.45) is 0. The van der Waals surface area contributed by atoms with Gasteiger partial charge < -0.3 is 4.74 Å². The van der Waals surface area contributed by atoms with E-state index in [9.17, 15) is 4.79 Å². The van der Waals surface area contributed by atoms with Gasteiger partial charge in [0.15, 0.2) is 0 Å². The van der Waals surface area contributed by atoms with E-state index in [4.69, 9.17) is 4.74 Å². The van der Waals surface area contributed by atoms with Gasteiger partial charge in [-0.3, -0.25) is 4.79 Å². The highest BCUT2D eigenvalue weighted by molar-refractivity contribution is 7.99. The van der Waals surface area contributed by atoms with Crippen LogP contribution in [0, 0.1) is 6.92 Å². The maximum absolute atomic E-state index is 11.4. The molecule has 0 spiro atoms. The first-order chi connectivity index (χ1) is 7.37. The number of carbonyl (C=O) groups excluding carboxylic acids is 1. The molecule has 0 N–H and O–H groups in total. The molecule has 0 amide bonds. The summed E-state index contributed by atoms with van der Waals surface area (Å²) in [6, 6.07) is 0. The van der Waals surface area contributed by atoms with Crippen LogP contribution in [0.4, 0.5) is 0 Å². The quantitative estimate of drug-likeness (QED) is 0.779. The summed E-state index contributed by atoms with van der Waals surface area (Å²) in [4.78, 5) is 15.7. The molecule has 0 aromatic carbocycles. The van der Waals surface area contributed by atoms with E-state index in [0.29, 0.717) is 5.75 Å². The molecule has 1 aromatic heterocycles. The molecule has 0 saturated heterocycles. The monoisotopic (exact) mass is 259 g/mol. The molecule has 16 heavy (non-hydrogen) atoms. The first-order valence-electron chi connectivity index (χ1n) is 5.07. The number of thioether (sulfide) groups is 1. The Morgan fingerprint density at radius 2 is 2.25 bits per heavy atom. The van der Waals surface area contributed by atoms with Crippen LogP contribution in [0.3, 0.4) is 0 Å². The second-order valence-corrected chi connectivity index (χ2v) is 6.48. The van der Waals surface area contributed by atoms with Gasteiger partial charge in [0.25, 0.3) is 0 Å². The molecule has 0 radical (unpaired) electrons. The summed E-state index contributed by atoms with van der Waals surface area (Å²) in [5.74, 6) is 0.988. The van der Waals surface area contributed by atoms with E-state index in [0.717, 1.165) is 16.5 Å². The van der Waals surface area contributed by atoms with E-state index in [1.54, 1.807) is 11.3 Å². The number of nitrogens with zero attached hydrogens (tertiary/aromatic N) is 1. The van der Waals surface area contributed by atoms with Crippen molar-refractivity contribution in [2.75, 3.05) is 5.75 Å². The predicted octanol–water partition coefficient (Wildman–Crippen LogP) is 3.03. The molecule has 0 aliphatic rings. The molecule has 1 heterocycles. The second-order valence-electron chi connectivity index (χ2n) is 4.44. The van der Waals surface area contributed by atoms with E-state index in [-0.39, 0.29) is 5.97 Å². The van der Waals surface area contributed by atoms with Crippen molar-refractivity contribution in [1.29, 1.82) is 0 Å². The molecule has 5 heteroatoms. The molecule has 0 atom stereocenters. The van der Waals surface area contributed by atoms with Gasteiger partial charge in [-0.2, -0.15) is 0 Å². The van der Waals surface area contributed by atoms with Gasteiger partial charge in [-0.1, -0.05) is 0 Å². The Bertz CT molecular complexity index is 355. The Hall–Kier alpha value is -0.550. The van der Waals surface area contributed by atoms with E-state index in [1.165, 1.54) is 11.8 Å². The minimum absolute atomic E-state index is 0.163. The smallest absolute Gasteiger partial charge is 0.316 e. The van der Waals surface area contributed by atoms with Crippen molar-refractivity contribution < 1.29 is 9.53 Å². The van der Waals surface area contributed by atoms with Gasteiger partial charge in [0.05, 0.1) is 16.5 Å². The molecule has 90 valence electrons. The number of rotatable bonds is 4. The maximum atomic E-state index is 11.4. The van der Waals surface area contributed by atoms with Crippen LogP contribution < -0.4 is 0 Å². The Morgan fingerprint density at radius 1 is 1.56 bits per heavy atom. The zero-order valence-corrected chi connectivity index (χ0v) is 11.7. The molecule has 3 nitrogen and oxygen atoms in total. The van der Waals surface area contributed by atoms with Crippen molar-refractivity contribution in [2.45, 2.75) is 39.0 Å². The Balaban J connectivity index is 2.23. The lowest BCUT2D eigenvalue weighted by atomic mass is 10.2. The summed E-state index contributed by atoms with van der Waals surface area (Å²) in [5, 5.41) is 3.09. The maximum Gasteiger partial charge on any atom is 0.316 e. The first kappa shape index (κ1) is 13.5. The number of ether oxygens (including phenoxy) is 1. The van der Waals surface area contributed by atoms with E-state index in [2.05, 4.69) is 4.98 Å². The molecular weight excluding hydrogens is 242 g/mol. The lowest BCUT2D eigenvalue weighted by Gasteiger charge is -2.19. The fourth-order valence-electron chi connectivity index (χ4n) is 1.08. The Labute approximate surface area is 105 Å². The molecule has 1 aromatic rings. The SMILES string of the molecule is Cc1nc(CSCC(=O)OC(C)(C)C)cs1. The molecule has 0 aliphatic heterocycles. The van der Waals surface area contributed by atoms with Gasteiger partial charge in [-0.05, 0) is 27.7 Å². The molecule has 0 saturated carbocycles. The van der Waals surface area contributed by atoms with Crippen LogP contribution in [-0.2, 0) is 15.3 Å². The fraction of sp³-hybridized carbons (Fsp3) is 0.636. The van der Waals surface area contributed by atoms with Crippen LogP contribution >= 0.6 is 23.1 Å². The Morgan fingerprint density at radius 3 is 2.75 bits per heavy atom. The topological polar surface area (TPSA) is 39.2 Å². The van der Waals surface area contributed by atoms with Crippen molar-refractivity contribution in [1.82, 2.24) is 4.98 Å². The van der Waals surface area contributed by atoms with Crippen molar-refractivity contribution in [3.63, 3.8) is 0 Å². The molecule has 1 rings (SSSR count). The average Bonchev–Trinajstić information content (AvgIpc) is 2.48. The van der Waals surface area contributed by atoms with Gasteiger partial charge >= 0.3 is 5.97 Å². The number of thiazole rings is 1. The number of hydrogen-bond donors (Lipinski definition) is 0. The minimum atomic E-state index is -0.394. The molecule has 0 aliphatic carbocycles. The van der Waals surface area contributed by atoms with Crippen LogP contribution in [0.2, 0.25) is 0 Å². The average molecular weight is 259 g/mol. The van der Waals surface area contributed by atoms with E-state index >= 15 is 0 Å². The minimum Gasteiger partial charge on any atom is -0.459 e. The van der Waals surface area contributed by atoms with Crippen LogP contribution in [0.25, 0.3) is 0 Å². The third-order valence-corrected chi connectivity index (χ3v) is 3.32. The van der Waals surface area contributed by atoms with Crippen LogP contribution in [0.5, 0.6) is 0 Å². The molecule has 0 unspecified atom stereocenters. The van der Waals surface area contributed by atoms with E-state index in [1.807, 2.05) is 33.1 Å². The third-order valence-electron chi connectivity index (χ3n) is 1.56. The number of carbonyl (C=O) groups is 1. The first-order valence-corrected chi connectivity index (χ1v) is 7.11. The molecule has 0 bridgehead atoms. The van der Waals surface area contributed by atoms with Gasteiger partial charge in [0, 0.05) is 11.1 Å². The summed E-state index contributed by atoms with van der Waals surface area (Å²) in [5.41, 5.74) is 0.644. The number of hydrogen-bond acceptors (Lipinski definition) is 5. The van der Waals surface area contributed by atoms with Crippen LogP contribution in [0.1, 0.15) is 31.5 Å². The largest absolute Gasteiger partial charge is 0.459 e. The highest BCUT2D eigenvalue weighted by atomic mass is 32.2. The zero-order valence-electron chi connectivity index (χ0n) is 10.1. The molecular formula is C11H17NO2S2. The number of aromatic nitrogens is 1. The summed E-state index contributed by atoms with van der Waals surface area (Å²) >= 11 is 3.17.